The van der Waals surface area contributed by atoms with E-state index in [4.69, 9.17) is 20.9 Å². The SMILES string of the molecule is CCCCCCCCCC(=O)NC(Cc1c[nH]c2ccccc12)C(=O)NC(CCC(=O)O)C(=O)NC(C(=O)NC1C(=O)N(C)CC(=O)NC(C)C(=O)NC(CC(=O)O)C(=O)NC(CO)C(=O)NC(C(OC)C(=O)O)C(=O)NCC(=O)NC(CC(N)=O)C(=O)NC(CCC(=O)O)C(=O)NC(C(C)CC)C(=O)OC1C)C(O)C(N)=O. The van der Waals surface area contributed by atoms with Gasteiger partial charge in [-0.15, -0.1) is 0 Å². The molecule has 1 fully saturated rings. The normalized spacial score (nSPS) is 22.1. The molecular formula is C69H102N16O28. The third-order valence-corrected chi connectivity index (χ3v) is 17.8. The molecule has 0 spiro atoms. The van der Waals surface area contributed by atoms with E-state index >= 15 is 0 Å². The number of nitrogens with two attached hydrogens (primary N) is 2. The highest BCUT2D eigenvalue weighted by molar-refractivity contribution is 6.02. The molecular weight excluding hydrogens is 1500 g/mol. The number of carboxylic acids is 4. The molecule has 23 N–H and O–H groups in total. The second-order valence-electron chi connectivity index (χ2n) is 26.8. The summed E-state index contributed by atoms with van der Waals surface area (Å²) >= 11 is 0. The van der Waals surface area contributed by atoms with Gasteiger partial charge in [0.25, 0.3) is 0 Å². The van der Waals surface area contributed by atoms with E-state index in [1.54, 1.807) is 30.5 Å². The number of methoxy groups -OCH3 is 1. The molecule has 15 atom stereocenters. The van der Waals surface area contributed by atoms with Crippen LogP contribution in [-0.2, 0) is 112 Å². The number of carbonyl (C=O) groups is 20. The van der Waals surface area contributed by atoms with Crippen LogP contribution in [0.15, 0.2) is 30.5 Å². The molecule has 1 aromatic carbocycles. The van der Waals surface area contributed by atoms with E-state index in [2.05, 4.69) is 43.8 Å². The van der Waals surface area contributed by atoms with Crippen molar-refractivity contribution >= 4 is 129 Å². The Balaban J connectivity index is 2.25. The molecule has 0 radical (unpaired) electrons. The number of hydrogen-bond donors (Lipinski definition) is 21. The zero-order valence-electron chi connectivity index (χ0n) is 63.2. The topological polar surface area (TPSA) is 697 Å². The molecule has 0 aliphatic carbocycles. The number of unbranched alkanes of at least 4 members (excludes halogenated alkanes) is 6. The van der Waals surface area contributed by atoms with Crippen LogP contribution in [0.5, 0.6) is 0 Å². The Bertz CT molecular complexity index is 3780. The number of hydrogen-bond acceptors (Lipinski definition) is 24. The van der Waals surface area contributed by atoms with Crippen LogP contribution >= 0.6 is 0 Å². The minimum absolute atomic E-state index is 0.0252. The minimum Gasteiger partial charge on any atom is -0.481 e. The number of H-pyrrole nitrogens is 1. The summed E-state index contributed by atoms with van der Waals surface area (Å²) in [5.74, 6) is -30.4. The van der Waals surface area contributed by atoms with Gasteiger partial charge in [-0.2, -0.15) is 0 Å². The average Bonchev–Trinajstić information content (AvgIpc) is 1.70. The highest BCUT2D eigenvalue weighted by Gasteiger charge is 2.44. The van der Waals surface area contributed by atoms with Crippen molar-refractivity contribution in [1.29, 1.82) is 0 Å². The molecule has 1 saturated heterocycles. The van der Waals surface area contributed by atoms with Crippen LogP contribution in [0.4, 0.5) is 0 Å². The maximum atomic E-state index is 14.9. The number of aliphatic hydroxyl groups excluding tert-OH is 2. The summed E-state index contributed by atoms with van der Waals surface area (Å²) in [6.45, 7) is 2.97. The van der Waals surface area contributed by atoms with Gasteiger partial charge in [-0.05, 0) is 50.7 Å². The molecule has 113 heavy (non-hydrogen) atoms. The number of nitrogens with one attached hydrogen (secondary N) is 13. The molecule has 3 rings (SSSR count). The lowest BCUT2D eigenvalue weighted by Crippen LogP contribution is -2.64. The van der Waals surface area contributed by atoms with Crippen LogP contribution in [0.25, 0.3) is 10.9 Å². The van der Waals surface area contributed by atoms with Crippen molar-refractivity contribution in [2.24, 2.45) is 17.4 Å². The van der Waals surface area contributed by atoms with E-state index in [0.29, 0.717) is 34.2 Å². The zero-order valence-corrected chi connectivity index (χ0v) is 63.2. The number of aromatic amines is 1. The van der Waals surface area contributed by atoms with Crippen molar-refractivity contribution in [2.75, 3.05) is 33.9 Å². The number of benzene rings is 1. The highest BCUT2D eigenvalue weighted by Crippen LogP contribution is 2.21. The summed E-state index contributed by atoms with van der Waals surface area (Å²) in [4.78, 5) is 275. The van der Waals surface area contributed by atoms with Crippen LogP contribution in [0.3, 0.4) is 0 Å². The van der Waals surface area contributed by atoms with Crippen LogP contribution in [-0.4, -0.2) is 278 Å². The van der Waals surface area contributed by atoms with Gasteiger partial charge in [0, 0.05) is 56.9 Å². The Hall–Kier alpha value is -12.0. The molecule has 1 aliphatic rings. The molecule has 0 saturated carbocycles. The molecule has 2 heterocycles. The standard InChI is InChI=1S/C69H102N16O28/c1-8-10-11-12-13-14-15-20-45(88)75-40(25-35-28-72-37-19-17-16-18-36(35)37)61(102)77-39(22-24-49(93)94)60(101)83-53(55(97)57(71)98)66(107)82-52-34(5)113-69(111)51(32(3)9-2)81-59(100)38(21-23-48(91)92)78-62(103)41(26-44(70)87)76-46(89)29-73-65(106)54(56(112-7)68(109)110)84-64(105)43(31-86)80-63(104)42(27-50(95)96)79-58(99)33(4)74-47(90)30-85(6)67(52)108/h16-19,28,32-34,38-43,51-56,72,86,97H,8-15,20-27,29-31H2,1-7H3,(H2,70,87)(H2,71,98)(H,73,106)(H,74,90)(H,75,88)(H,76,89)(H,77,102)(H,78,103)(H,79,99)(H,80,104)(H,81,100)(H,82,107)(H,83,101)(H,84,105)(H,91,92)(H,93,94)(H,95,96)(H,109,110). The first-order chi connectivity index (χ1) is 53.2. The Morgan fingerprint density at radius 1 is 0.637 bits per heavy atom. The summed E-state index contributed by atoms with van der Waals surface area (Å²) in [7, 11) is 1.63. The van der Waals surface area contributed by atoms with Gasteiger partial charge in [0.1, 0.15) is 72.6 Å². The molecule has 1 aromatic heterocycles. The summed E-state index contributed by atoms with van der Waals surface area (Å²) in [6, 6.07) is -16.4. The van der Waals surface area contributed by atoms with Crippen molar-refractivity contribution in [1.82, 2.24) is 73.7 Å². The number of carboxylic acid groups (broad SMARTS) is 4. The van der Waals surface area contributed by atoms with Gasteiger partial charge in [0.2, 0.25) is 88.6 Å². The van der Waals surface area contributed by atoms with E-state index in [0.717, 1.165) is 60.1 Å². The lowest BCUT2D eigenvalue weighted by Gasteiger charge is -2.32. The van der Waals surface area contributed by atoms with E-state index in [-0.39, 0.29) is 19.3 Å². The largest absolute Gasteiger partial charge is 0.481 e. The van der Waals surface area contributed by atoms with E-state index in [1.165, 1.54) is 13.8 Å². The van der Waals surface area contributed by atoms with Crippen LogP contribution in [0.1, 0.15) is 136 Å². The molecule has 44 nitrogen and oxygen atoms in total. The van der Waals surface area contributed by atoms with Gasteiger partial charge < -0.3 is 125 Å². The number of aliphatic carboxylic acids is 4. The summed E-state index contributed by atoms with van der Waals surface area (Å²) in [6.07, 6.45) is -5.81. The summed E-state index contributed by atoms with van der Waals surface area (Å²) < 4.78 is 10.6. The average molecular weight is 1600 g/mol. The van der Waals surface area contributed by atoms with Crippen LogP contribution in [0.2, 0.25) is 0 Å². The number of cyclic esters (lactones) is 1. The second-order valence-corrected chi connectivity index (χ2v) is 26.8. The highest BCUT2D eigenvalue weighted by atomic mass is 16.5. The van der Waals surface area contributed by atoms with Crippen molar-refractivity contribution in [3.8, 4) is 0 Å². The fourth-order valence-corrected chi connectivity index (χ4v) is 11.3. The Kier molecular flexibility index (Phi) is 39.9. The number of carbonyl (C=O) groups excluding carboxylic acids is 16. The number of rotatable bonds is 35. The lowest BCUT2D eigenvalue weighted by molar-refractivity contribution is -0.159. The fourth-order valence-electron chi connectivity index (χ4n) is 11.3. The molecule has 2 aromatic rings. The molecule has 44 heteroatoms. The maximum absolute atomic E-state index is 14.9. The van der Waals surface area contributed by atoms with E-state index < -0.39 is 267 Å². The Morgan fingerprint density at radius 3 is 1.80 bits per heavy atom. The monoisotopic (exact) mass is 1600 g/mol. The first-order valence-electron chi connectivity index (χ1n) is 36.1. The minimum atomic E-state index is -2.81. The Labute approximate surface area is 646 Å². The van der Waals surface area contributed by atoms with E-state index in [9.17, 15) is 127 Å². The third kappa shape index (κ3) is 31.7. The number of fused-ring (bicyclic) bond motifs is 1. The van der Waals surface area contributed by atoms with Gasteiger partial charge in [-0.25, -0.2) is 9.59 Å². The first-order valence-corrected chi connectivity index (χ1v) is 36.1. The summed E-state index contributed by atoms with van der Waals surface area (Å²) in [5.41, 5.74) is 12.0. The molecule has 0 bridgehead atoms. The van der Waals surface area contributed by atoms with Crippen LogP contribution in [0, 0.1) is 5.92 Å². The zero-order chi connectivity index (χ0) is 85.1. The van der Waals surface area contributed by atoms with Crippen molar-refractivity contribution in [3.05, 3.63) is 36.0 Å². The molecule has 626 valence electrons. The molecule has 1 aliphatic heterocycles. The Morgan fingerprint density at radius 2 is 1.21 bits per heavy atom. The van der Waals surface area contributed by atoms with Gasteiger partial charge in [0.15, 0.2) is 12.2 Å². The second kappa shape index (κ2) is 47.3. The fraction of sp³-hybridized carbons (Fsp3) is 0.594. The van der Waals surface area contributed by atoms with Crippen molar-refractivity contribution < 1.29 is 136 Å². The van der Waals surface area contributed by atoms with Crippen LogP contribution < -0.4 is 75.3 Å². The third-order valence-electron chi connectivity index (χ3n) is 17.8. The van der Waals surface area contributed by atoms with E-state index in [1.807, 2.05) is 31.9 Å². The van der Waals surface area contributed by atoms with Crippen molar-refractivity contribution in [3.63, 3.8) is 0 Å². The maximum Gasteiger partial charge on any atom is 0.335 e. The molecule has 15 amide bonds. The number of esters is 1. The number of likely N-dealkylation sites (N-methyl/N-ethyl adjacent to an activating group) is 1. The number of aliphatic hydroxyl groups is 2. The number of aromatic nitrogens is 1. The van der Waals surface area contributed by atoms with Gasteiger partial charge in [0.05, 0.1) is 32.5 Å². The van der Waals surface area contributed by atoms with Gasteiger partial charge >= 0.3 is 29.8 Å². The first kappa shape index (κ1) is 95.2. The number of primary amides is 2. The predicted octanol–water partition coefficient (Wildman–Crippen LogP) is -7.21. The number of nitrogens with zero attached hydrogens (tertiary/aromatic N) is 1. The number of ether oxygens (including phenoxy) is 2. The molecule has 15 unspecified atom stereocenters. The lowest BCUT2D eigenvalue weighted by atomic mass is 9.98. The summed E-state index contributed by atoms with van der Waals surface area (Å²) in [5, 5.41) is 87.0. The predicted molar refractivity (Wildman–Crippen MR) is 388 cm³/mol. The number of para-hydroxylation sites is 1. The van der Waals surface area contributed by atoms with Gasteiger partial charge in [-0.3, -0.25) is 86.3 Å². The van der Waals surface area contributed by atoms with Gasteiger partial charge in [-0.1, -0.05) is 83.9 Å². The van der Waals surface area contributed by atoms with Crippen molar-refractivity contribution in [2.45, 2.75) is 222 Å². The quantitative estimate of drug-likeness (QED) is 0.0225. The number of amides is 15. The smallest absolute Gasteiger partial charge is 0.335 e.